The first-order valence-corrected chi connectivity index (χ1v) is 45.9. The molecule has 0 saturated carbocycles. The molecule has 0 unspecified atom stereocenters. The number of para-hydroxylation sites is 1. The van der Waals surface area contributed by atoms with Gasteiger partial charge in [0.2, 0.25) is 5.91 Å². The molecule has 0 aliphatic heterocycles. The highest BCUT2D eigenvalue weighted by Gasteiger charge is 2.33. The minimum atomic E-state index is -1.29. The Kier molecular flexibility index (Phi) is 21.3. The van der Waals surface area contributed by atoms with E-state index in [0.717, 1.165) is 159 Å². The Morgan fingerprint density at radius 3 is 1.37 bits per heavy atom. The van der Waals surface area contributed by atoms with Gasteiger partial charge in [-0.2, -0.15) is 0 Å². The van der Waals surface area contributed by atoms with Gasteiger partial charge in [0, 0.05) is 102 Å². The molecule has 0 fully saturated rings. The van der Waals surface area contributed by atoms with Gasteiger partial charge in [-0.1, -0.05) is 295 Å². The number of rotatable bonds is 11. The van der Waals surface area contributed by atoms with E-state index < -0.39 is 36.0 Å². The highest BCUT2D eigenvalue weighted by Crippen LogP contribution is 2.46. The predicted octanol–water partition coefficient (Wildman–Crippen LogP) is 27.7. The third kappa shape index (κ3) is 15.5. The number of benzene rings is 18. The molecule has 18 aromatic carbocycles. The number of amides is 2. The average Bonchev–Trinajstić information content (AvgIpc) is 1.67. The summed E-state index contributed by atoms with van der Waals surface area (Å²) in [6, 6.07) is 112. The zero-order valence-corrected chi connectivity index (χ0v) is 76.1. The van der Waals surface area contributed by atoms with Crippen LogP contribution in [0.2, 0.25) is 0 Å². The van der Waals surface area contributed by atoms with Crippen molar-refractivity contribution in [1.82, 2.24) is 55.2 Å². The van der Waals surface area contributed by atoms with Gasteiger partial charge in [0.1, 0.15) is 41.5 Å². The van der Waals surface area contributed by atoms with Crippen LogP contribution in [0.4, 0.5) is 10.5 Å². The number of ether oxygens (including phenoxy) is 2. The molecule has 644 valence electrons. The van der Waals surface area contributed by atoms with E-state index >= 15 is 0 Å². The Bertz CT molecular complexity index is 8660. The van der Waals surface area contributed by atoms with Gasteiger partial charge in [0.15, 0.2) is 0 Å². The molecule has 1 atom stereocenters. The summed E-state index contributed by atoms with van der Waals surface area (Å²) in [4.78, 5) is 93.6. The quantitative estimate of drug-likeness (QED) is 0.0345. The Morgan fingerprint density at radius 1 is 0.406 bits per heavy atom. The second-order valence-corrected chi connectivity index (χ2v) is 36.6. The fraction of sp³-hybridized carbons (Fsp3) is 0.0796. The lowest BCUT2D eigenvalue weighted by molar-refractivity contribution is -0.156. The molecule has 0 spiro atoms. The number of hydrogen-bond acceptors (Lipinski definition) is 10. The summed E-state index contributed by atoms with van der Waals surface area (Å²) in [5, 5.41) is 25.8. The fourth-order valence-electron chi connectivity index (χ4n) is 19.0. The van der Waals surface area contributed by atoms with Gasteiger partial charge in [-0.3, -0.25) is 14.4 Å². The number of halogens is 2. The van der Waals surface area contributed by atoms with Crippen LogP contribution < -0.4 is 16.2 Å². The van der Waals surface area contributed by atoms with E-state index in [1.54, 1.807) is 26.8 Å². The van der Waals surface area contributed by atoms with Crippen molar-refractivity contribution < 1.29 is 23.9 Å². The summed E-state index contributed by atoms with van der Waals surface area (Å²) in [5.41, 5.74) is 18.4. The van der Waals surface area contributed by atoms with Gasteiger partial charge >= 0.3 is 12.1 Å². The van der Waals surface area contributed by atoms with Crippen molar-refractivity contribution in [3.8, 4) is 56.7 Å². The van der Waals surface area contributed by atoms with E-state index in [9.17, 15) is 19.2 Å². The standard InChI is InChI=1S/C46H38BrN5O5.C24H15N3O.C22H16N2.C21H13IN2/c1-46(2,3)57-40(53)22-39(50-45(55)56-24-37-30-13-6-4-10-27(30)28-11-5-7-14-31(28)37)44(54)49-26-17-18-32-29-12-8-9-15-33(29)41-42(35(32)21-26)52-43(51-41)36-23-48-38-19-16-25(47)20-34(36)38;28-24-19(13-14-7-1-6-12-20(14)25-24)23-26-21-17-10-4-2-8-15(17)16-9-3-5-11-18(16)22(21)27-23;1-14-8-2-3-9-15(14)22-23-20-18-12-6-4-10-16(18)17-11-5-7-13-19(17)21(20)24-22;22-14-7-5-6-13(12-14)21-23-19-17-10-3-1-8-15(17)16-9-2-4-11-18(16)20(19)24-21/h4-21,23,37,39,48H,22,24H2,1-3H3,(H,49,54)(H,50,55)(H,51,52);1-13H,(H,25,28)(H,26,27);2-13H,1H3,(H,23,24);1-12H,(H,23,24)/t39-;;;/m0.../s1. The maximum absolute atomic E-state index is 14.0. The van der Waals surface area contributed by atoms with Crippen molar-refractivity contribution in [1.29, 1.82) is 0 Å². The number of hydrogen-bond donors (Lipinski definition) is 8. The smallest absolute Gasteiger partial charge is 0.407 e. The maximum atomic E-state index is 14.0. The summed E-state index contributed by atoms with van der Waals surface area (Å²) >= 11 is 5.93. The van der Waals surface area contributed by atoms with E-state index in [1.165, 1.54) is 57.6 Å². The summed E-state index contributed by atoms with van der Waals surface area (Å²) in [6.45, 7) is 7.42. The SMILES string of the molecule is CC(C)(C)OC(=O)C[C@H](NC(=O)OCC1c2ccccc2-c2ccccc21)C(=O)Nc1ccc2c3ccccc3c3[nH]c(-c4c[nH]c5ccc(Br)cc45)nc3c2c1.Cc1ccccc1-c1nc2c3ccccc3c3ccccc3c2[nH]1.Ic1cccc(-c2nc3c4ccccc4c4ccccc4c3[nH]2)c1.O=c1[nH]c2ccccc2cc1-c1nc2c3ccccc3c3ccccc3c2[nH]1. The molecule has 18 nitrogen and oxygen atoms in total. The normalized spacial score (nSPS) is 12.3. The molecule has 2 amide bonds. The summed E-state index contributed by atoms with van der Waals surface area (Å²) < 4.78 is 13.5. The van der Waals surface area contributed by atoms with Crippen LogP contribution in [0.15, 0.2) is 349 Å². The average molecular weight is 1910 g/mol. The lowest BCUT2D eigenvalue weighted by Gasteiger charge is -2.23. The Labute approximate surface area is 782 Å². The summed E-state index contributed by atoms with van der Waals surface area (Å²) in [7, 11) is 0. The number of anilines is 1. The van der Waals surface area contributed by atoms with E-state index in [4.69, 9.17) is 29.4 Å². The van der Waals surface area contributed by atoms with Crippen LogP contribution in [0, 0.1) is 10.5 Å². The van der Waals surface area contributed by atoms with Crippen molar-refractivity contribution in [3.63, 3.8) is 0 Å². The van der Waals surface area contributed by atoms with Crippen LogP contribution in [0.3, 0.4) is 0 Å². The molecule has 6 aromatic heterocycles. The second kappa shape index (κ2) is 34.2. The van der Waals surface area contributed by atoms with Crippen molar-refractivity contribution in [2.45, 2.75) is 51.7 Å². The number of nitrogens with zero attached hydrogens (tertiary/aromatic N) is 4. The molecule has 1 aliphatic carbocycles. The molecule has 6 heterocycles. The minimum Gasteiger partial charge on any atom is -0.460 e. The number of imidazole rings is 4. The number of aryl methyl sites for hydroxylation is 1. The first-order chi connectivity index (χ1) is 64.9. The van der Waals surface area contributed by atoms with Crippen molar-refractivity contribution in [2.24, 2.45) is 0 Å². The van der Waals surface area contributed by atoms with Crippen molar-refractivity contribution >= 4 is 214 Å². The first kappa shape index (κ1) is 82.8. The molecule has 0 saturated heterocycles. The number of carbonyl (C=O) groups is 3. The second-order valence-electron chi connectivity index (χ2n) is 34.4. The number of pyridine rings is 1. The Hall–Kier alpha value is -15.9. The van der Waals surface area contributed by atoms with E-state index in [2.05, 4.69) is 286 Å². The number of fused-ring (bicyclic) bond motifs is 29. The van der Waals surface area contributed by atoms with Crippen molar-refractivity contribution in [3.05, 3.63) is 375 Å². The van der Waals surface area contributed by atoms with Gasteiger partial charge < -0.3 is 50.0 Å². The fourth-order valence-corrected chi connectivity index (χ4v) is 19.9. The highest BCUT2D eigenvalue weighted by atomic mass is 127. The van der Waals surface area contributed by atoms with Crippen LogP contribution in [0.1, 0.15) is 49.8 Å². The topological polar surface area (TPSA) is 257 Å². The van der Waals surface area contributed by atoms with Crippen LogP contribution in [0.25, 0.3) is 209 Å². The number of aromatic amines is 6. The molecule has 1 aliphatic rings. The maximum Gasteiger partial charge on any atom is 0.407 e. The number of aromatic nitrogens is 10. The zero-order valence-electron chi connectivity index (χ0n) is 72.4. The molecule has 0 radical (unpaired) electrons. The number of nitrogens with one attached hydrogen (secondary N) is 8. The molecule has 20 heteroatoms. The van der Waals surface area contributed by atoms with Crippen LogP contribution >= 0.6 is 38.5 Å². The largest absolute Gasteiger partial charge is 0.460 e. The van der Waals surface area contributed by atoms with Crippen LogP contribution in [-0.2, 0) is 19.1 Å². The van der Waals surface area contributed by atoms with Gasteiger partial charge in [-0.25, -0.2) is 24.7 Å². The van der Waals surface area contributed by atoms with Gasteiger partial charge in [-0.05, 0) is 181 Å². The van der Waals surface area contributed by atoms with E-state index in [0.29, 0.717) is 22.9 Å². The van der Waals surface area contributed by atoms with E-state index in [1.807, 2.05) is 134 Å². The molecular weight excluding hydrogens is 1830 g/mol. The van der Waals surface area contributed by atoms with Gasteiger partial charge in [-0.15, -0.1) is 0 Å². The Morgan fingerprint density at radius 2 is 0.842 bits per heavy atom. The summed E-state index contributed by atoms with van der Waals surface area (Å²) in [5.74, 6) is 1.73. The first-order valence-electron chi connectivity index (χ1n) is 44.0. The summed E-state index contributed by atoms with van der Waals surface area (Å²) in [6.07, 6.45) is 0.721. The van der Waals surface area contributed by atoms with Crippen molar-refractivity contribution in [2.75, 3.05) is 11.9 Å². The highest BCUT2D eigenvalue weighted by molar-refractivity contribution is 14.1. The minimum absolute atomic E-state index is 0.0523. The lowest BCUT2D eigenvalue weighted by atomic mass is 9.98. The van der Waals surface area contributed by atoms with Gasteiger partial charge in [0.25, 0.3) is 5.56 Å². The zero-order chi connectivity index (χ0) is 90.3. The number of H-pyrrole nitrogens is 6. The number of alkyl carbamates (subject to hydrolysis) is 1. The predicted molar refractivity (Wildman–Crippen MR) is 552 cm³/mol. The van der Waals surface area contributed by atoms with Crippen LogP contribution in [-0.4, -0.2) is 86.1 Å². The van der Waals surface area contributed by atoms with Gasteiger partial charge in [0.05, 0.1) is 56.1 Å². The van der Waals surface area contributed by atoms with E-state index in [-0.39, 0.29) is 18.1 Å². The molecule has 0 bridgehead atoms. The lowest BCUT2D eigenvalue weighted by Crippen LogP contribution is -2.46. The van der Waals surface area contributed by atoms with Crippen LogP contribution in [0.5, 0.6) is 0 Å². The molecular formula is C113H82BrIN12O6. The number of carbonyl (C=O) groups excluding carboxylic acids is 3. The Balaban J connectivity index is 0.000000113. The number of esters is 1. The molecule has 8 N–H and O–H groups in total. The third-order valence-electron chi connectivity index (χ3n) is 25.0. The molecule has 24 aromatic rings. The molecule has 133 heavy (non-hydrogen) atoms. The monoisotopic (exact) mass is 1910 g/mol. The third-order valence-corrected chi connectivity index (χ3v) is 26.2. The molecule has 25 rings (SSSR count).